The molecule has 7 heteroatoms. The van der Waals surface area contributed by atoms with Crippen molar-refractivity contribution in [1.29, 1.82) is 0 Å². The first-order valence-corrected chi connectivity index (χ1v) is 6.62. The Morgan fingerprint density at radius 2 is 2.05 bits per heavy atom. The smallest absolute Gasteiger partial charge is 0.335 e. The first-order chi connectivity index (χ1) is 9.49. The van der Waals surface area contributed by atoms with E-state index in [9.17, 15) is 4.79 Å². The average Bonchev–Trinajstić information content (AvgIpc) is 2.76. The molecule has 2 aromatic rings. The maximum absolute atomic E-state index is 10.7. The number of nitrogens with two attached hydrogens (primary N) is 1. The number of hydrazone groups is 1. The number of aromatic carboxylic acids is 1. The van der Waals surface area contributed by atoms with Crippen molar-refractivity contribution in [3.8, 4) is 0 Å². The summed E-state index contributed by atoms with van der Waals surface area (Å²) in [7, 11) is 0. The van der Waals surface area contributed by atoms with Crippen molar-refractivity contribution in [1.82, 2.24) is 4.37 Å². The van der Waals surface area contributed by atoms with Crippen molar-refractivity contribution in [2.45, 2.75) is 13.8 Å². The van der Waals surface area contributed by atoms with Crippen molar-refractivity contribution < 1.29 is 9.90 Å². The third kappa shape index (κ3) is 2.94. The molecule has 4 N–H and O–H groups in total. The molecule has 1 heterocycles. The second-order valence-electron chi connectivity index (χ2n) is 4.20. The lowest BCUT2D eigenvalue weighted by Crippen LogP contribution is -2.03. The van der Waals surface area contributed by atoms with Crippen LogP contribution >= 0.6 is 11.5 Å². The molecular formula is C13H14N4O2S. The van der Waals surface area contributed by atoms with Gasteiger partial charge in [-0.3, -0.25) is 5.43 Å². The molecule has 1 aromatic heterocycles. The minimum absolute atomic E-state index is 0.235. The number of nitrogens with zero attached hydrogens (tertiary/aromatic N) is 2. The van der Waals surface area contributed by atoms with Crippen LogP contribution in [-0.2, 0) is 0 Å². The minimum Gasteiger partial charge on any atom is -0.478 e. The van der Waals surface area contributed by atoms with Crippen LogP contribution in [0.25, 0.3) is 0 Å². The van der Waals surface area contributed by atoms with Gasteiger partial charge in [0.2, 0.25) is 0 Å². The summed E-state index contributed by atoms with van der Waals surface area (Å²) in [5.41, 5.74) is 12.1. The van der Waals surface area contributed by atoms with Crippen LogP contribution in [0.2, 0.25) is 0 Å². The van der Waals surface area contributed by atoms with Crippen LogP contribution in [0.5, 0.6) is 0 Å². The highest BCUT2D eigenvalue weighted by atomic mass is 32.1. The largest absolute Gasteiger partial charge is 0.478 e. The number of nitrogen functional groups attached to an aromatic ring is 1. The van der Waals surface area contributed by atoms with E-state index in [2.05, 4.69) is 14.9 Å². The van der Waals surface area contributed by atoms with Gasteiger partial charge in [0.15, 0.2) is 0 Å². The molecule has 0 amide bonds. The number of anilines is 2. The highest BCUT2D eigenvalue weighted by Gasteiger charge is 2.10. The predicted octanol–water partition coefficient (Wildman–Crippen LogP) is 2.57. The fraction of sp³-hybridized carbons (Fsp3) is 0.154. The van der Waals surface area contributed by atoms with Gasteiger partial charge in [0.25, 0.3) is 0 Å². The summed E-state index contributed by atoms with van der Waals surface area (Å²) >= 11 is 1.24. The summed E-state index contributed by atoms with van der Waals surface area (Å²) in [6, 6.07) is 6.34. The van der Waals surface area contributed by atoms with Crippen LogP contribution in [0.3, 0.4) is 0 Å². The van der Waals surface area contributed by atoms with Gasteiger partial charge in [-0.05, 0) is 49.6 Å². The number of nitrogens with one attached hydrogen (secondary N) is 1. The monoisotopic (exact) mass is 290 g/mol. The molecule has 6 nitrogen and oxygen atoms in total. The molecule has 0 atom stereocenters. The predicted molar refractivity (Wildman–Crippen MR) is 80.5 cm³/mol. The van der Waals surface area contributed by atoms with E-state index in [0.29, 0.717) is 10.7 Å². The van der Waals surface area contributed by atoms with E-state index in [0.717, 1.165) is 17.0 Å². The number of rotatable bonds is 4. The van der Waals surface area contributed by atoms with Crippen LogP contribution in [0.15, 0.2) is 29.4 Å². The van der Waals surface area contributed by atoms with Crippen molar-refractivity contribution >= 4 is 33.9 Å². The Balaban J connectivity index is 2.14. The van der Waals surface area contributed by atoms with Gasteiger partial charge in [-0.2, -0.15) is 9.47 Å². The Hall–Kier alpha value is -2.41. The number of hydrogen-bond acceptors (Lipinski definition) is 6. The second kappa shape index (κ2) is 5.70. The van der Waals surface area contributed by atoms with E-state index in [1.165, 1.54) is 23.7 Å². The van der Waals surface area contributed by atoms with Gasteiger partial charge in [0, 0.05) is 0 Å². The summed E-state index contributed by atoms with van der Waals surface area (Å²) < 4.78 is 4.17. The zero-order valence-corrected chi connectivity index (χ0v) is 11.9. The maximum Gasteiger partial charge on any atom is 0.335 e. The standard InChI is InChI=1S/C13H14N4O2S/c1-7(11-8(2)17-20-12(11)14)15-16-10-5-3-9(4-6-10)13(18)19/h3-6,16H,14H2,1-2H3,(H,18,19)/b15-7-. The van der Waals surface area contributed by atoms with Crippen molar-refractivity contribution in [2.75, 3.05) is 11.2 Å². The number of carboxylic acid groups (broad SMARTS) is 1. The summed E-state index contributed by atoms with van der Waals surface area (Å²) in [6.07, 6.45) is 0. The van der Waals surface area contributed by atoms with Gasteiger partial charge in [0.1, 0.15) is 5.00 Å². The Bertz CT molecular complexity index is 642. The fourth-order valence-corrected chi connectivity index (χ4v) is 2.43. The third-order valence-corrected chi connectivity index (χ3v) is 3.50. The minimum atomic E-state index is -0.955. The second-order valence-corrected chi connectivity index (χ2v) is 5.00. The van der Waals surface area contributed by atoms with Gasteiger partial charge in [-0.15, -0.1) is 0 Å². The SMILES string of the molecule is C/C(=N/Nc1ccc(C(=O)O)cc1)c1c(C)nsc1N. The molecule has 0 aliphatic heterocycles. The Labute approximate surface area is 120 Å². The summed E-state index contributed by atoms with van der Waals surface area (Å²) in [5.74, 6) is -0.955. The first-order valence-electron chi connectivity index (χ1n) is 5.85. The molecule has 0 bridgehead atoms. The molecule has 2 rings (SSSR count). The average molecular weight is 290 g/mol. The lowest BCUT2D eigenvalue weighted by molar-refractivity contribution is 0.0697. The topological polar surface area (TPSA) is 101 Å². The fourth-order valence-electron chi connectivity index (χ4n) is 1.72. The zero-order valence-electron chi connectivity index (χ0n) is 11.0. The molecule has 1 aromatic carbocycles. The molecular weight excluding hydrogens is 276 g/mol. The van der Waals surface area contributed by atoms with Gasteiger partial charge in [-0.25, -0.2) is 4.79 Å². The number of carboxylic acids is 1. The number of hydrogen-bond donors (Lipinski definition) is 3. The normalized spacial score (nSPS) is 11.4. The van der Waals surface area contributed by atoms with Gasteiger partial charge in [-0.1, -0.05) is 0 Å². The van der Waals surface area contributed by atoms with E-state index >= 15 is 0 Å². The van der Waals surface area contributed by atoms with Crippen LogP contribution in [0, 0.1) is 6.92 Å². The first kappa shape index (κ1) is 14.0. The third-order valence-electron chi connectivity index (χ3n) is 2.74. The molecule has 20 heavy (non-hydrogen) atoms. The molecule has 0 saturated carbocycles. The van der Waals surface area contributed by atoms with Gasteiger partial charge >= 0.3 is 5.97 Å². The van der Waals surface area contributed by atoms with Crippen molar-refractivity contribution in [2.24, 2.45) is 5.10 Å². The molecule has 0 fully saturated rings. The highest BCUT2D eigenvalue weighted by molar-refractivity contribution is 7.10. The van der Waals surface area contributed by atoms with Crippen LogP contribution in [-0.4, -0.2) is 21.2 Å². The molecule has 0 aliphatic rings. The lowest BCUT2D eigenvalue weighted by Gasteiger charge is -2.04. The van der Waals surface area contributed by atoms with Gasteiger partial charge in [0.05, 0.1) is 28.2 Å². The zero-order chi connectivity index (χ0) is 14.7. The summed E-state index contributed by atoms with van der Waals surface area (Å²) in [5, 5.41) is 13.7. The Kier molecular flexibility index (Phi) is 3.99. The van der Waals surface area contributed by atoms with E-state index in [1.807, 2.05) is 13.8 Å². The molecule has 0 unspecified atom stereocenters. The molecule has 0 aliphatic carbocycles. The lowest BCUT2D eigenvalue weighted by atomic mass is 10.2. The van der Waals surface area contributed by atoms with Crippen molar-refractivity contribution in [3.05, 3.63) is 41.1 Å². The summed E-state index contributed by atoms with van der Waals surface area (Å²) in [6.45, 7) is 3.72. The quantitative estimate of drug-likeness (QED) is 0.593. The maximum atomic E-state index is 10.7. The van der Waals surface area contributed by atoms with Crippen LogP contribution in [0.4, 0.5) is 10.7 Å². The van der Waals surface area contributed by atoms with Crippen LogP contribution in [0.1, 0.15) is 28.5 Å². The Morgan fingerprint density at radius 1 is 1.40 bits per heavy atom. The van der Waals surface area contributed by atoms with Crippen molar-refractivity contribution in [3.63, 3.8) is 0 Å². The van der Waals surface area contributed by atoms with E-state index in [1.54, 1.807) is 12.1 Å². The molecule has 104 valence electrons. The number of carbonyl (C=O) groups is 1. The number of benzene rings is 1. The molecule has 0 spiro atoms. The highest BCUT2D eigenvalue weighted by Crippen LogP contribution is 2.21. The van der Waals surface area contributed by atoms with Gasteiger partial charge < -0.3 is 10.8 Å². The van der Waals surface area contributed by atoms with E-state index in [-0.39, 0.29) is 5.56 Å². The van der Waals surface area contributed by atoms with E-state index < -0.39 is 5.97 Å². The number of aromatic nitrogens is 1. The molecule has 0 radical (unpaired) electrons. The van der Waals surface area contributed by atoms with Crippen LogP contribution < -0.4 is 11.2 Å². The Morgan fingerprint density at radius 3 is 2.55 bits per heavy atom. The van der Waals surface area contributed by atoms with E-state index in [4.69, 9.17) is 10.8 Å². The summed E-state index contributed by atoms with van der Waals surface area (Å²) in [4.78, 5) is 10.7. The molecule has 0 saturated heterocycles. The number of aryl methyl sites for hydroxylation is 1.